The molecule has 0 spiro atoms. The molecule has 0 radical (unpaired) electrons. The van der Waals surface area contributed by atoms with Crippen molar-refractivity contribution in [1.82, 2.24) is 10.6 Å². The van der Waals surface area contributed by atoms with Crippen molar-refractivity contribution in [2.45, 2.75) is 26.4 Å². The van der Waals surface area contributed by atoms with Gasteiger partial charge in [0.25, 0.3) is 0 Å². The first-order valence-electron chi connectivity index (χ1n) is 7.98. The molecular formula is C17H25N3O3. The molecule has 1 aliphatic rings. The lowest BCUT2D eigenvalue weighted by molar-refractivity contribution is -0.144. The first-order valence-corrected chi connectivity index (χ1v) is 7.98. The molecular weight excluding hydrogens is 294 g/mol. The predicted molar refractivity (Wildman–Crippen MR) is 89.7 cm³/mol. The molecule has 6 nitrogen and oxygen atoms in total. The molecule has 0 aliphatic carbocycles. The van der Waals surface area contributed by atoms with Gasteiger partial charge in [-0.3, -0.25) is 9.79 Å². The van der Waals surface area contributed by atoms with Crippen LogP contribution in [0.1, 0.15) is 19.4 Å². The number of benzene rings is 1. The molecule has 1 aliphatic heterocycles. The minimum Gasteiger partial charge on any atom is -0.488 e. The lowest BCUT2D eigenvalue weighted by atomic mass is 10.1. The fraction of sp³-hybridized carbons (Fsp3) is 0.529. The van der Waals surface area contributed by atoms with Crippen LogP contribution in [0.4, 0.5) is 0 Å². The van der Waals surface area contributed by atoms with Crippen molar-refractivity contribution in [2.75, 3.05) is 26.7 Å². The number of ether oxygens (including phenoxy) is 2. The van der Waals surface area contributed by atoms with Crippen LogP contribution in [-0.4, -0.2) is 44.8 Å². The maximum absolute atomic E-state index is 11.4. The van der Waals surface area contributed by atoms with E-state index in [0.717, 1.165) is 18.7 Å². The molecule has 23 heavy (non-hydrogen) atoms. The van der Waals surface area contributed by atoms with E-state index >= 15 is 0 Å². The fourth-order valence-electron chi connectivity index (χ4n) is 2.42. The monoisotopic (exact) mass is 319 g/mol. The summed E-state index contributed by atoms with van der Waals surface area (Å²) in [6.45, 7) is 5.60. The summed E-state index contributed by atoms with van der Waals surface area (Å²) in [5.74, 6) is 1.13. The number of rotatable bonds is 6. The highest BCUT2D eigenvalue weighted by Gasteiger charge is 2.22. The van der Waals surface area contributed by atoms with Gasteiger partial charge in [0.05, 0.1) is 26.1 Å². The van der Waals surface area contributed by atoms with Crippen molar-refractivity contribution in [2.24, 2.45) is 10.9 Å². The summed E-state index contributed by atoms with van der Waals surface area (Å²) in [6, 6.07) is 8.09. The van der Waals surface area contributed by atoms with Crippen molar-refractivity contribution in [3.8, 4) is 5.75 Å². The number of para-hydroxylation sites is 1. The molecule has 1 aromatic rings. The third-order valence-corrected chi connectivity index (χ3v) is 3.68. The standard InChI is InChI=1S/C17H25N3O3/c1-4-18-17(19-10-12(2)16(21)22-3)20-11-14-9-13-7-5-6-8-15(13)23-14/h5-8,12,14H,4,9-11H2,1-3H3,(H2,18,19,20). The number of guanidine groups is 1. The number of nitrogens with one attached hydrogen (secondary N) is 2. The zero-order chi connectivity index (χ0) is 16.7. The molecule has 0 bridgehead atoms. The highest BCUT2D eigenvalue weighted by atomic mass is 16.5. The van der Waals surface area contributed by atoms with E-state index in [1.54, 1.807) is 6.92 Å². The highest BCUT2D eigenvalue weighted by molar-refractivity contribution is 5.80. The fourth-order valence-corrected chi connectivity index (χ4v) is 2.42. The van der Waals surface area contributed by atoms with Crippen molar-refractivity contribution in [3.05, 3.63) is 29.8 Å². The summed E-state index contributed by atoms with van der Waals surface area (Å²) in [7, 11) is 1.39. The van der Waals surface area contributed by atoms with E-state index in [2.05, 4.69) is 21.7 Å². The molecule has 2 atom stereocenters. The molecule has 126 valence electrons. The summed E-state index contributed by atoms with van der Waals surface area (Å²) < 4.78 is 10.6. The molecule has 2 unspecified atom stereocenters. The number of hydrogen-bond donors (Lipinski definition) is 2. The van der Waals surface area contributed by atoms with E-state index in [1.807, 2.05) is 25.1 Å². The third kappa shape index (κ3) is 4.87. The average Bonchev–Trinajstić information content (AvgIpc) is 2.99. The van der Waals surface area contributed by atoms with Crippen molar-refractivity contribution < 1.29 is 14.3 Å². The summed E-state index contributed by atoms with van der Waals surface area (Å²) in [5, 5.41) is 6.44. The summed E-state index contributed by atoms with van der Waals surface area (Å²) in [5.41, 5.74) is 1.24. The second-order valence-corrected chi connectivity index (χ2v) is 5.58. The predicted octanol–water partition coefficient (Wildman–Crippen LogP) is 1.35. The SMILES string of the molecule is CCNC(=NCC(C)C(=O)OC)NCC1Cc2ccccc2O1. The minimum atomic E-state index is -0.262. The van der Waals surface area contributed by atoms with Gasteiger partial charge in [0.2, 0.25) is 0 Å². The lowest BCUT2D eigenvalue weighted by Crippen LogP contribution is -2.42. The number of carbonyl (C=O) groups excluding carboxylic acids is 1. The zero-order valence-corrected chi connectivity index (χ0v) is 14.0. The number of aliphatic imine (C=N–C) groups is 1. The van der Waals surface area contributed by atoms with Crippen LogP contribution in [0.15, 0.2) is 29.3 Å². The van der Waals surface area contributed by atoms with Gasteiger partial charge in [-0.15, -0.1) is 0 Å². The summed E-state index contributed by atoms with van der Waals surface area (Å²) >= 11 is 0. The van der Waals surface area contributed by atoms with E-state index in [1.165, 1.54) is 12.7 Å². The molecule has 6 heteroatoms. The van der Waals surface area contributed by atoms with Gasteiger partial charge < -0.3 is 20.1 Å². The van der Waals surface area contributed by atoms with Gasteiger partial charge in [-0.25, -0.2) is 0 Å². The van der Waals surface area contributed by atoms with E-state index in [0.29, 0.717) is 19.0 Å². The molecule has 2 rings (SSSR count). The van der Waals surface area contributed by atoms with E-state index in [-0.39, 0.29) is 18.0 Å². The third-order valence-electron chi connectivity index (χ3n) is 3.68. The lowest BCUT2D eigenvalue weighted by Gasteiger charge is -2.16. The molecule has 0 fully saturated rings. The van der Waals surface area contributed by atoms with Crippen LogP contribution < -0.4 is 15.4 Å². The molecule has 0 saturated carbocycles. The topological polar surface area (TPSA) is 72.0 Å². The van der Waals surface area contributed by atoms with Crippen LogP contribution in [0.3, 0.4) is 0 Å². The van der Waals surface area contributed by atoms with Crippen molar-refractivity contribution in [1.29, 1.82) is 0 Å². The Balaban J connectivity index is 1.84. The highest BCUT2D eigenvalue weighted by Crippen LogP contribution is 2.27. The van der Waals surface area contributed by atoms with Gasteiger partial charge in [0.1, 0.15) is 11.9 Å². The normalized spacial score (nSPS) is 17.9. The second kappa shape index (κ2) is 8.41. The Bertz CT molecular complexity index is 535. The second-order valence-electron chi connectivity index (χ2n) is 5.58. The number of hydrogen-bond acceptors (Lipinski definition) is 4. The van der Waals surface area contributed by atoms with Crippen LogP contribution in [0.5, 0.6) is 5.75 Å². The molecule has 0 aromatic heterocycles. The molecule has 0 amide bonds. The van der Waals surface area contributed by atoms with E-state index in [4.69, 9.17) is 9.47 Å². The molecule has 1 heterocycles. The number of esters is 1. The van der Waals surface area contributed by atoms with Gasteiger partial charge in [0.15, 0.2) is 5.96 Å². The van der Waals surface area contributed by atoms with E-state index < -0.39 is 0 Å². The molecule has 0 saturated heterocycles. The zero-order valence-electron chi connectivity index (χ0n) is 14.0. The Morgan fingerprint density at radius 2 is 2.22 bits per heavy atom. The smallest absolute Gasteiger partial charge is 0.310 e. The Morgan fingerprint density at radius 3 is 2.91 bits per heavy atom. The van der Waals surface area contributed by atoms with Gasteiger partial charge in [-0.1, -0.05) is 25.1 Å². The van der Waals surface area contributed by atoms with Crippen LogP contribution in [0, 0.1) is 5.92 Å². The van der Waals surface area contributed by atoms with Crippen LogP contribution in [0.25, 0.3) is 0 Å². The number of nitrogens with zero attached hydrogens (tertiary/aromatic N) is 1. The van der Waals surface area contributed by atoms with Crippen molar-refractivity contribution in [3.63, 3.8) is 0 Å². The summed E-state index contributed by atoms with van der Waals surface area (Å²) in [6.07, 6.45) is 0.982. The first kappa shape index (κ1) is 17.1. The van der Waals surface area contributed by atoms with Gasteiger partial charge in [0, 0.05) is 13.0 Å². The average molecular weight is 319 g/mol. The first-order chi connectivity index (χ1) is 11.1. The van der Waals surface area contributed by atoms with Crippen LogP contribution >= 0.6 is 0 Å². The number of carbonyl (C=O) groups is 1. The van der Waals surface area contributed by atoms with Gasteiger partial charge >= 0.3 is 5.97 Å². The van der Waals surface area contributed by atoms with Crippen LogP contribution in [0.2, 0.25) is 0 Å². The van der Waals surface area contributed by atoms with Crippen LogP contribution in [-0.2, 0) is 16.0 Å². The minimum absolute atomic E-state index is 0.0919. The van der Waals surface area contributed by atoms with Gasteiger partial charge in [-0.2, -0.15) is 0 Å². The quantitative estimate of drug-likeness (QED) is 0.470. The largest absolute Gasteiger partial charge is 0.488 e. The van der Waals surface area contributed by atoms with Crippen molar-refractivity contribution >= 4 is 11.9 Å². The Morgan fingerprint density at radius 1 is 1.43 bits per heavy atom. The summed E-state index contributed by atoms with van der Waals surface area (Å²) in [4.78, 5) is 15.9. The maximum atomic E-state index is 11.4. The number of methoxy groups -OCH3 is 1. The Kier molecular flexibility index (Phi) is 6.26. The number of fused-ring (bicyclic) bond motifs is 1. The Labute approximate surface area is 137 Å². The van der Waals surface area contributed by atoms with Gasteiger partial charge in [-0.05, 0) is 18.6 Å². The Hall–Kier alpha value is -2.24. The molecule has 2 N–H and O–H groups in total. The molecule has 1 aromatic carbocycles. The maximum Gasteiger partial charge on any atom is 0.310 e. The van der Waals surface area contributed by atoms with E-state index in [9.17, 15) is 4.79 Å².